The maximum absolute atomic E-state index is 12.8. The van der Waals surface area contributed by atoms with Gasteiger partial charge in [-0.2, -0.15) is 0 Å². The minimum Gasteiger partial charge on any atom is -0.338 e. The van der Waals surface area contributed by atoms with Crippen LogP contribution in [0.15, 0.2) is 54.6 Å². The summed E-state index contributed by atoms with van der Waals surface area (Å²) in [5.74, 6) is -0.0820. The first-order chi connectivity index (χ1) is 11.5. The molecule has 1 heterocycles. The second-order valence-electron chi connectivity index (χ2n) is 6.16. The largest absolute Gasteiger partial charge is 0.338 e. The lowest BCUT2D eigenvalue weighted by atomic mass is 10.1. The number of amides is 1. The van der Waals surface area contributed by atoms with Gasteiger partial charge in [0.2, 0.25) is 0 Å². The fraction of sp³-hybridized carbons (Fsp3) is 0.316. The Kier molecular flexibility index (Phi) is 4.71. The summed E-state index contributed by atoms with van der Waals surface area (Å²) in [6, 6.07) is 16.7. The zero-order chi connectivity index (χ0) is 17.2. The first-order valence-electron chi connectivity index (χ1n) is 8.10. The van der Waals surface area contributed by atoms with Crippen LogP contribution < -0.4 is 0 Å². The van der Waals surface area contributed by atoms with Gasteiger partial charge in [-0.3, -0.25) is 4.79 Å². The van der Waals surface area contributed by atoms with Crippen molar-refractivity contribution < 1.29 is 13.2 Å². The van der Waals surface area contributed by atoms with Crippen molar-refractivity contribution in [3.8, 4) is 0 Å². The van der Waals surface area contributed by atoms with Gasteiger partial charge in [-0.05, 0) is 30.5 Å². The van der Waals surface area contributed by atoms with E-state index in [9.17, 15) is 13.2 Å². The van der Waals surface area contributed by atoms with Gasteiger partial charge in [0.25, 0.3) is 5.91 Å². The molecule has 0 unspecified atom stereocenters. The average molecular weight is 343 g/mol. The van der Waals surface area contributed by atoms with Gasteiger partial charge in [-0.25, -0.2) is 8.42 Å². The molecule has 1 aliphatic heterocycles. The van der Waals surface area contributed by atoms with E-state index in [0.717, 1.165) is 11.1 Å². The van der Waals surface area contributed by atoms with Gasteiger partial charge in [-0.15, -0.1) is 0 Å². The molecule has 0 radical (unpaired) electrons. The molecule has 4 nitrogen and oxygen atoms in total. The van der Waals surface area contributed by atoms with E-state index >= 15 is 0 Å². The van der Waals surface area contributed by atoms with Crippen LogP contribution in [0.1, 0.15) is 33.2 Å². The number of sulfone groups is 1. The second kappa shape index (κ2) is 6.77. The number of rotatable bonds is 2. The first-order valence-corrected chi connectivity index (χ1v) is 9.82. The molecular weight excluding hydrogens is 322 g/mol. The molecule has 0 saturated carbocycles. The summed E-state index contributed by atoms with van der Waals surface area (Å²) in [5.41, 5.74) is 2.37. The molecule has 1 saturated heterocycles. The quantitative estimate of drug-likeness (QED) is 0.842. The third-order valence-electron chi connectivity index (χ3n) is 4.57. The van der Waals surface area contributed by atoms with Crippen LogP contribution in [0.2, 0.25) is 0 Å². The molecule has 126 valence electrons. The van der Waals surface area contributed by atoms with E-state index in [4.69, 9.17) is 0 Å². The zero-order valence-electron chi connectivity index (χ0n) is 13.7. The molecule has 1 aliphatic rings. The Balaban J connectivity index is 1.84. The van der Waals surface area contributed by atoms with E-state index in [1.807, 2.05) is 55.5 Å². The fourth-order valence-corrected chi connectivity index (χ4v) is 4.97. The summed E-state index contributed by atoms with van der Waals surface area (Å²) in [5, 5.41) is -0.534. The molecule has 3 rings (SSSR count). The minimum atomic E-state index is -3.27. The van der Waals surface area contributed by atoms with E-state index in [1.54, 1.807) is 11.0 Å². The number of benzene rings is 2. The van der Waals surface area contributed by atoms with Crippen molar-refractivity contribution in [2.45, 2.75) is 18.6 Å². The van der Waals surface area contributed by atoms with E-state index in [1.165, 1.54) is 0 Å². The van der Waals surface area contributed by atoms with Gasteiger partial charge < -0.3 is 4.90 Å². The third kappa shape index (κ3) is 3.36. The highest BCUT2D eigenvalue weighted by Crippen LogP contribution is 2.29. The zero-order valence-corrected chi connectivity index (χ0v) is 14.5. The van der Waals surface area contributed by atoms with Crippen LogP contribution in [0.5, 0.6) is 0 Å². The van der Waals surface area contributed by atoms with Gasteiger partial charge in [0.15, 0.2) is 9.84 Å². The Bertz CT molecular complexity index is 831. The summed E-state index contributed by atoms with van der Waals surface area (Å²) < 4.78 is 25.3. The molecule has 1 fully saturated rings. The molecular formula is C19H21NO3S. The molecule has 0 N–H and O–H groups in total. The molecule has 0 aliphatic carbocycles. The topological polar surface area (TPSA) is 54.5 Å². The van der Waals surface area contributed by atoms with Crippen molar-refractivity contribution in [2.24, 2.45) is 0 Å². The van der Waals surface area contributed by atoms with Crippen molar-refractivity contribution in [2.75, 3.05) is 18.8 Å². The predicted octanol–water partition coefficient (Wildman–Crippen LogP) is 3.00. The minimum absolute atomic E-state index is 0.00415. The Hall–Kier alpha value is -2.14. The van der Waals surface area contributed by atoms with Crippen LogP contribution in [0.4, 0.5) is 0 Å². The van der Waals surface area contributed by atoms with Crippen molar-refractivity contribution in [1.82, 2.24) is 4.90 Å². The second-order valence-corrected chi connectivity index (χ2v) is 8.47. The lowest BCUT2D eigenvalue weighted by Gasteiger charge is -2.21. The van der Waals surface area contributed by atoms with Gasteiger partial charge in [-0.1, -0.05) is 48.5 Å². The van der Waals surface area contributed by atoms with Crippen molar-refractivity contribution in [3.63, 3.8) is 0 Å². The van der Waals surface area contributed by atoms with Gasteiger partial charge in [0.05, 0.1) is 11.0 Å². The highest BCUT2D eigenvalue weighted by molar-refractivity contribution is 7.91. The van der Waals surface area contributed by atoms with E-state index in [0.29, 0.717) is 18.5 Å². The molecule has 0 bridgehead atoms. The molecule has 5 heteroatoms. The van der Waals surface area contributed by atoms with Crippen LogP contribution >= 0.6 is 0 Å². The Morgan fingerprint density at radius 3 is 2.38 bits per heavy atom. The van der Waals surface area contributed by atoms with Crippen LogP contribution in [0.3, 0.4) is 0 Å². The SMILES string of the molecule is Cc1ccccc1C(=O)N1CC[C@H](c2ccccc2)S(=O)(=O)CC1. The summed E-state index contributed by atoms with van der Waals surface area (Å²) in [6.45, 7) is 2.60. The average Bonchev–Trinajstić information content (AvgIpc) is 2.74. The third-order valence-corrected chi connectivity index (χ3v) is 6.70. The molecule has 1 amide bonds. The number of hydrogen-bond acceptors (Lipinski definition) is 3. The lowest BCUT2D eigenvalue weighted by Crippen LogP contribution is -2.34. The van der Waals surface area contributed by atoms with Gasteiger partial charge in [0.1, 0.15) is 0 Å². The fourth-order valence-electron chi connectivity index (χ4n) is 3.17. The number of carbonyl (C=O) groups excluding carboxylic acids is 1. The normalized spacial score (nSPS) is 20.4. The molecule has 2 aromatic rings. The summed E-state index contributed by atoms with van der Waals surface area (Å²) >= 11 is 0. The van der Waals surface area contributed by atoms with Crippen LogP contribution in [-0.4, -0.2) is 38.1 Å². The maximum atomic E-state index is 12.8. The molecule has 24 heavy (non-hydrogen) atoms. The smallest absolute Gasteiger partial charge is 0.254 e. The van der Waals surface area contributed by atoms with Gasteiger partial charge in [0, 0.05) is 18.7 Å². The first kappa shape index (κ1) is 16.7. The highest BCUT2D eigenvalue weighted by Gasteiger charge is 2.32. The summed E-state index contributed by atoms with van der Waals surface area (Å²) in [6.07, 6.45) is 0.434. The number of nitrogens with zero attached hydrogens (tertiary/aromatic N) is 1. The number of carbonyl (C=O) groups is 1. The molecule has 1 atom stereocenters. The van der Waals surface area contributed by atoms with Crippen LogP contribution in [-0.2, 0) is 9.84 Å². The predicted molar refractivity (Wildman–Crippen MR) is 94.7 cm³/mol. The molecule has 2 aromatic carbocycles. The molecule has 0 spiro atoms. The Labute approximate surface area is 143 Å². The number of hydrogen-bond donors (Lipinski definition) is 0. The van der Waals surface area contributed by atoms with Crippen molar-refractivity contribution in [1.29, 1.82) is 0 Å². The molecule has 0 aromatic heterocycles. The van der Waals surface area contributed by atoms with Crippen LogP contribution in [0, 0.1) is 6.92 Å². The van der Waals surface area contributed by atoms with Crippen molar-refractivity contribution in [3.05, 3.63) is 71.3 Å². The number of aryl methyl sites for hydroxylation is 1. The van der Waals surface area contributed by atoms with Crippen molar-refractivity contribution >= 4 is 15.7 Å². The van der Waals surface area contributed by atoms with E-state index < -0.39 is 15.1 Å². The van der Waals surface area contributed by atoms with E-state index in [-0.39, 0.29) is 18.2 Å². The standard InChI is InChI=1S/C19H21NO3S/c1-15-7-5-6-10-17(15)19(21)20-12-11-18(24(22,23)14-13-20)16-8-3-2-4-9-16/h2-10,18H,11-14H2,1H3/t18-/m1/s1. The maximum Gasteiger partial charge on any atom is 0.254 e. The van der Waals surface area contributed by atoms with E-state index in [2.05, 4.69) is 0 Å². The monoisotopic (exact) mass is 343 g/mol. The van der Waals surface area contributed by atoms with Crippen LogP contribution in [0.25, 0.3) is 0 Å². The Morgan fingerprint density at radius 2 is 1.67 bits per heavy atom. The summed E-state index contributed by atoms with van der Waals surface area (Å²) in [7, 11) is -3.27. The van der Waals surface area contributed by atoms with Gasteiger partial charge >= 0.3 is 0 Å². The Morgan fingerprint density at radius 1 is 1.00 bits per heavy atom. The highest BCUT2D eigenvalue weighted by atomic mass is 32.2. The summed E-state index contributed by atoms with van der Waals surface area (Å²) in [4.78, 5) is 14.4. The lowest BCUT2D eigenvalue weighted by molar-refractivity contribution is 0.0766.